The fourth-order valence-electron chi connectivity index (χ4n) is 0.820. The molecule has 1 aromatic rings. The SMILES string of the molecule is Cc1n[nH]c(C)c1OB(O)O. The molecule has 11 heavy (non-hydrogen) atoms. The number of nitrogens with zero attached hydrogens (tertiary/aromatic N) is 1. The van der Waals surface area contributed by atoms with Crippen LogP contribution in [0.5, 0.6) is 5.75 Å². The predicted molar refractivity (Wildman–Crippen MR) is 38.9 cm³/mol. The first kappa shape index (κ1) is 8.09. The largest absolute Gasteiger partial charge is 0.707 e. The average molecular weight is 156 g/mol. The smallest absolute Gasteiger partial charge is 0.509 e. The summed E-state index contributed by atoms with van der Waals surface area (Å²) in [5.41, 5.74) is 1.28. The van der Waals surface area contributed by atoms with Gasteiger partial charge in [0.05, 0.1) is 11.4 Å². The number of rotatable bonds is 2. The molecule has 0 saturated carbocycles. The average Bonchev–Trinajstić information content (AvgIpc) is 2.18. The Morgan fingerprint density at radius 3 is 2.45 bits per heavy atom. The first-order valence-electron chi connectivity index (χ1n) is 3.15. The van der Waals surface area contributed by atoms with Crippen LogP contribution < -0.4 is 4.65 Å². The van der Waals surface area contributed by atoms with E-state index in [1.165, 1.54) is 0 Å². The molecule has 0 radical (unpaired) electrons. The summed E-state index contributed by atoms with van der Waals surface area (Å²) in [4.78, 5) is 0. The Hall–Kier alpha value is -1.01. The van der Waals surface area contributed by atoms with Crippen molar-refractivity contribution in [3.05, 3.63) is 11.4 Å². The third-order valence-corrected chi connectivity index (χ3v) is 1.28. The lowest BCUT2D eigenvalue weighted by Gasteiger charge is -2.02. The molecule has 5 nitrogen and oxygen atoms in total. The van der Waals surface area contributed by atoms with Gasteiger partial charge in [0.2, 0.25) is 0 Å². The summed E-state index contributed by atoms with van der Waals surface area (Å²) < 4.78 is 4.63. The van der Waals surface area contributed by atoms with E-state index in [2.05, 4.69) is 14.9 Å². The van der Waals surface area contributed by atoms with Gasteiger partial charge in [-0.25, -0.2) is 0 Å². The van der Waals surface area contributed by atoms with E-state index >= 15 is 0 Å². The van der Waals surface area contributed by atoms with Crippen LogP contribution >= 0.6 is 0 Å². The molecule has 0 unspecified atom stereocenters. The standard InChI is InChI=1S/C5H9BN2O3/c1-3-5(11-6(9)10)4(2)8-7-3/h9-10H,1-2H3,(H,7,8). The van der Waals surface area contributed by atoms with Crippen molar-refractivity contribution in [3.63, 3.8) is 0 Å². The highest BCUT2D eigenvalue weighted by molar-refractivity contribution is 6.33. The molecular formula is C5H9BN2O3. The molecule has 0 bridgehead atoms. The van der Waals surface area contributed by atoms with Crippen LogP contribution in [-0.4, -0.2) is 27.6 Å². The highest BCUT2D eigenvalue weighted by atomic mass is 16.6. The topological polar surface area (TPSA) is 78.4 Å². The minimum atomic E-state index is -1.79. The van der Waals surface area contributed by atoms with Gasteiger partial charge < -0.3 is 14.7 Å². The van der Waals surface area contributed by atoms with Gasteiger partial charge in [0.25, 0.3) is 0 Å². The third-order valence-electron chi connectivity index (χ3n) is 1.28. The van der Waals surface area contributed by atoms with Gasteiger partial charge in [-0.3, -0.25) is 5.10 Å². The minimum Gasteiger partial charge on any atom is -0.509 e. The van der Waals surface area contributed by atoms with Gasteiger partial charge in [0.1, 0.15) is 5.75 Å². The molecule has 1 heterocycles. The van der Waals surface area contributed by atoms with Gasteiger partial charge in [0.15, 0.2) is 0 Å². The molecular weight excluding hydrogens is 147 g/mol. The van der Waals surface area contributed by atoms with Gasteiger partial charge in [-0.15, -0.1) is 0 Å². The highest BCUT2D eigenvalue weighted by Gasteiger charge is 2.16. The molecule has 0 atom stereocenters. The Bertz CT molecular complexity index is 228. The van der Waals surface area contributed by atoms with Crippen LogP contribution in [-0.2, 0) is 0 Å². The highest BCUT2D eigenvalue weighted by Crippen LogP contribution is 2.18. The zero-order chi connectivity index (χ0) is 8.43. The lowest BCUT2D eigenvalue weighted by molar-refractivity contribution is 0.286. The van der Waals surface area contributed by atoms with E-state index in [0.29, 0.717) is 17.1 Å². The molecule has 0 fully saturated rings. The molecule has 0 amide bonds. The van der Waals surface area contributed by atoms with Crippen molar-refractivity contribution in [1.29, 1.82) is 0 Å². The monoisotopic (exact) mass is 156 g/mol. The number of aromatic nitrogens is 2. The first-order chi connectivity index (χ1) is 5.11. The van der Waals surface area contributed by atoms with E-state index in [-0.39, 0.29) is 0 Å². The lowest BCUT2D eigenvalue weighted by Crippen LogP contribution is -2.21. The molecule has 0 aliphatic carbocycles. The van der Waals surface area contributed by atoms with E-state index in [1.807, 2.05) is 0 Å². The number of hydrogen-bond donors (Lipinski definition) is 3. The summed E-state index contributed by atoms with van der Waals surface area (Å²) in [6.45, 7) is 3.44. The number of hydrogen-bond acceptors (Lipinski definition) is 4. The van der Waals surface area contributed by atoms with Gasteiger partial charge in [-0.2, -0.15) is 5.10 Å². The number of aryl methyl sites for hydroxylation is 2. The quantitative estimate of drug-likeness (QED) is 0.498. The van der Waals surface area contributed by atoms with Crippen LogP contribution in [0.25, 0.3) is 0 Å². The normalized spacial score (nSPS) is 9.82. The Kier molecular flexibility index (Phi) is 2.16. The van der Waals surface area contributed by atoms with E-state index in [0.717, 1.165) is 0 Å². The zero-order valence-electron chi connectivity index (χ0n) is 6.33. The molecule has 3 N–H and O–H groups in total. The Balaban J connectivity index is 2.83. The zero-order valence-corrected chi connectivity index (χ0v) is 6.33. The van der Waals surface area contributed by atoms with Crippen LogP contribution in [0.1, 0.15) is 11.4 Å². The van der Waals surface area contributed by atoms with E-state index in [9.17, 15) is 0 Å². The van der Waals surface area contributed by atoms with E-state index < -0.39 is 7.32 Å². The number of aromatic amines is 1. The molecule has 0 aromatic carbocycles. The van der Waals surface area contributed by atoms with Crippen molar-refractivity contribution in [2.75, 3.05) is 0 Å². The van der Waals surface area contributed by atoms with E-state index in [1.54, 1.807) is 13.8 Å². The fraction of sp³-hybridized carbons (Fsp3) is 0.400. The van der Waals surface area contributed by atoms with Crippen molar-refractivity contribution in [2.24, 2.45) is 0 Å². The Labute approximate surface area is 64.2 Å². The maximum atomic E-state index is 8.46. The summed E-state index contributed by atoms with van der Waals surface area (Å²) in [6.07, 6.45) is 0. The Morgan fingerprint density at radius 1 is 1.45 bits per heavy atom. The van der Waals surface area contributed by atoms with Crippen molar-refractivity contribution in [1.82, 2.24) is 10.2 Å². The van der Waals surface area contributed by atoms with Crippen molar-refractivity contribution < 1.29 is 14.7 Å². The first-order valence-corrected chi connectivity index (χ1v) is 3.15. The second-order valence-electron chi connectivity index (χ2n) is 2.21. The molecule has 60 valence electrons. The van der Waals surface area contributed by atoms with Crippen LogP contribution in [0, 0.1) is 13.8 Å². The molecule has 1 aromatic heterocycles. The van der Waals surface area contributed by atoms with Gasteiger partial charge >= 0.3 is 7.32 Å². The minimum absolute atomic E-state index is 0.389. The fourth-order valence-corrected chi connectivity index (χ4v) is 0.820. The van der Waals surface area contributed by atoms with Crippen LogP contribution in [0.2, 0.25) is 0 Å². The molecule has 0 saturated heterocycles. The maximum absolute atomic E-state index is 8.46. The lowest BCUT2D eigenvalue weighted by atomic mass is 10.2. The van der Waals surface area contributed by atoms with Gasteiger partial charge in [0, 0.05) is 0 Å². The third kappa shape index (κ3) is 1.72. The maximum Gasteiger partial charge on any atom is 0.707 e. The second kappa shape index (κ2) is 2.94. The number of nitrogens with one attached hydrogen (secondary N) is 1. The molecule has 0 spiro atoms. The molecule has 6 heteroatoms. The molecule has 0 aliphatic rings. The van der Waals surface area contributed by atoms with Crippen molar-refractivity contribution in [2.45, 2.75) is 13.8 Å². The van der Waals surface area contributed by atoms with Crippen molar-refractivity contribution in [3.8, 4) is 5.75 Å². The summed E-state index contributed by atoms with van der Waals surface area (Å²) in [6, 6.07) is 0. The second-order valence-corrected chi connectivity index (χ2v) is 2.21. The van der Waals surface area contributed by atoms with Crippen LogP contribution in [0.15, 0.2) is 0 Å². The summed E-state index contributed by atoms with van der Waals surface area (Å²) in [5, 5.41) is 23.4. The van der Waals surface area contributed by atoms with Crippen LogP contribution in [0.4, 0.5) is 0 Å². The summed E-state index contributed by atoms with van der Waals surface area (Å²) in [5.74, 6) is 0.389. The predicted octanol–water partition coefficient (Wildman–Crippen LogP) is -0.625. The summed E-state index contributed by atoms with van der Waals surface area (Å²) in [7, 11) is -1.79. The number of H-pyrrole nitrogens is 1. The van der Waals surface area contributed by atoms with Crippen LogP contribution in [0.3, 0.4) is 0 Å². The molecule has 0 aliphatic heterocycles. The molecule has 1 rings (SSSR count). The Morgan fingerprint density at radius 2 is 2.09 bits per heavy atom. The van der Waals surface area contributed by atoms with Crippen molar-refractivity contribution >= 4 is 7.32 Å². The summed E-state index contributed by atoms with van der Waals surface area (Å²) >= 11 is 0. The van der Waals surface area contributed by atoms with Gasteiger partial charge in [-0.1, -0.05) is 0 Å². The van der Waals surface area contributed by atoms with E-state index in [4.69, 9.17) is 10.0 Å². The van der Waals surface area contributed by atoms with Gasteiger partial charge in [-0.05, 0) is 13.8 Å².